The Balaban J connectivity index is 1.72. The number of benzene rings is 2. The van der Waals surface area contributed by atoms with Crippen molar-refractivity contribution in [2.24, 2.45) is 11.8 Å². The van der Waals surface area contributed by atoms with Gasteiger partial charge < -0.3 is 4.74 Å². The summed E-state index contributed by atoms with van der Waals surface area (Å²) in [6.07, 6.45) is -4.63. The summed E-state index contributed by atoms with van der Waals surface area (Å²) in [4.78, 5) is -0.469. The number of sulfone groups is 1. The molecule has 0 unspecified atom stereocenters. The second-order valence-electron chi connectivity index (χ2n) is 9.80. The summed E-state index contributed by atoms with van der Waals surface area (Å²) >= 11 is 0. The molecule has 5 atom stereocenters. The van der Waals surface area contributed by atoms with Gasteiger partial charge in [-0.3, -0.25) is 0 Å². The van der Waals surface area contributed by atoms with Gasteiger partial charge >= 0.3 is 6.18 Å². The molecule has 0 amide bonds. The molecule has 2 aromatic carbocycles. The lowest BCUT2D eigenvalue weighted by molar-refractivity contribution is -0.137. The van der Waals surface area contributed by atoms with E-state index in [-0.39, 0.29) is 32.3 Å². The van der Waals surface area contributed by atoms with Crippen LogP contribution in [0.2, 0.25) is 0 Å². The van der Waals surface area contributed by atoms with Crippen LogP contribution in [0.25, 0.3) is 0 Å². The number of alkyl halides is 3. The van der Waals surface area contributed by atoms with Gasteiger partial charge in [0.15, 0.2) is 21.4 Å². The van der Waals surface area contributed by atoms with Crippen LogP contribution in [0.5, 0.6) is 5.75 Å². The van der Waals surface area contributed by atoms with Gasteiger partial charge in [0.05, 0.1) is 27.9 Å². The Bertz CT molecular complexity index is 1440. The molecule has 37 heavy (non-hydrogen) atoms. The number of halogens is 5. The first kappa shape index (κ1) is 26.4. The first-order valence-corrected chi connectivity index (χ1v) is 14.8. The minimum atomic E-state index is -4.70. The number of hydrogen-bond donors (Lipinski definition) is 1. The van der Waals surface area contributed by atoms with Crippen LogP contribution < -0.4 is 9.46 Å². The van der Waals surface area contributed by atoms with Crippen LogP contribution in [-0.2, 0) is 30.8 Å². The molecule has 1 saturated carbocycles. The number of ether oxygens (including phenoxy) is 1. The highest BCUT2D eigenvalue weighted by Crippen LogP contribution is 2.59. The predicted molar refractivity (Wildman–Crippen MR) is 123 cm³/mol. The van der Waals surface area contributed by atoms with Crippen LogP contribution in [0.3, 0.4) is 0 Å². The second-order valence-corrected chi connectivity index (χ2v) is 14.0. The predicted octanol–water partition coefficient (Wildman–Crippen LogP) is 4.54. The molecule has 1 saturated heterocycles. The topological polar surface area (TPSA) is 89.5 Å². The molecule has 0 aromatic heterocycles. The quantitative estimate of drug-likeness (QED) is 0.552. The van der Waals surface area contributed by atoms with E-state index in [1.165, 1.54) is 0 Å². The minimum Gasteiger partial charge on any atom is -0.490 e. The minimum absolute atomic E-state index is 0.00604. The van der Waals surface area contributed by atoms with Crippen LogP contribution in [0.4, 0.5) is 22.0 Å². The van der Waals surface area contributed by atoms with Crippen LogP contribution in [-0.4, -0.2) is 34.7 Å². The van der Waals surface area contributed by atoms with Crippen LogP contribution in [0, 0.1) is 23.5 Å². The van der Waals surface area contributed by atoms with Gasteiger partial charge in [-0.25, -0.2) is 30.3 Å². The fourth-order valence-electron chi connectivity index (χ4n) is 6.31. The molecule has 1 N–H and O–H groups in total. The highest BCUT2D eigenvalue weighted by molar-refractivity contribution is 7.92. The van der Waals surface area contributed by atoms with Gasteiger partial charge in [0.1, 0.15) is 10.6 Å². The van der Waals surface area contributed by atoms with Gasteiger partial charge in [-0.15, -0.1) is 0 Å². The SMILES string of the molecule is CC[C@@H]1C[C@H]2[C@H](CC[C@@]3(S(=O)(=O)c4ccc(C(F)(F)F)cc4)c4c(F)ccc(F)c4OC[C@@H]23)NS1(=O)=O. The zero-order valence-corrected chi connectivity index (χ0v) is 21.2. The summed E-state index contributed by atoms with van der Waals surface area (Å²) in [6.45, 7) is 1.35. The summed E-state index contributed by atoms with van der Waals surface area (Å²) in [5.74, 6) is -4.11. The van der Waals surface area contributed by atoms with E-state index >= 15 is 4.39 Å². The Hall–Kier alpha value is -2.25. The highest BCUT2D eigenvalue weighted by atomic mass is 32.2. The fourth-order valence-corrected chi connectivity index (χ4v) is 10.5. The van der Waals surface area contributed by atoms with Crippen molar-refractivity contribution in [3.63, 3.8) is 0 Å². The van der Waals surface area contributed by atoms with E-state index < -0.39 is 87.3 Å². The van der Waals surface area contributed by atoms with E-state index in [1.54, 1.807) is 6.92 Å². The Morgan fingerprint density at radius 1 is 1.08 bits per heavy atom. The molecule has 2 heterocycles. The van der Waals surface area contributed by atoms with Gasteiger partial charge in [-0.05, 0) is 68.0 Å². The van der Waals surface area contributed by atoms with Crippen LogP contribution in [0.1, 0.15) is 43.7 Å². The zero-order chi connectivity index (χ0) is 27.0. The Labute approximate surface area is 211 Å². The van der Waals surface area contributed by atoms with Crippen molar-refractivity contribution >= 4 is 19.9 Å². The molecule has 0 radical (unpaired) electrons. The Morgan fingerprint density at radius 3 is 2.35 bits per heavy atom. The summed E-state index contributed by atoms with van der Waals surface area (Å²) in [6, 6.07) is 3.88. The largest absolute Gasteiger partial charge is 0.490 e. The molecule has 13 heteroatoms. The number of sulfonamides is 1. The molecule has 5 rings (SSSR count). The normalized spacial score (nSPS) is 31.0. The third-order valence-electron chi connectivity index (χ3n) is 8.06. The lowest BCUT2D eigenvalue weighted by Crippen LogP contribution is -2.63. The van der Waals surface area contributed by atoms with Crippen molar-refractivity contribution in [3.8, 4) is 5.75 Å². The summed E-state index contributed by atoms with van der Waals surface area (Å²) in [5.41, 5.74) is -1.55. The average Bonchev–Trinajstić information content (AvgIpc) is 2.84. The molecule has 202 valence electrons. The maximum absolute atomic E-state index is 15.5. The van der Waals surface area contributed by atoms with Gasteiger partial charge in [-0.2, -0.15) is 13.2 Å². The van der Waals surface area contributed by atoms with E-state index in [4.69, 9.17) is 4.74 Å². The van der Waals surface area contributed by atoms with Crippen molar-refractivity contribution in [1.82, 2.24) is 4.72 Å². The van der Waals surface area contributed by atoms with Crippen molar-refractivity contribution in [2.45, 2.75) is 59.7 Å². The molecule has 2 fully saturated rings. The van der Waals surface area contributed by atoms with Crippen molar-refractivity contribution in [2.75, 3.05) is 6.61 Å². The molecular formula is C24H24F5NO5S2. The number of hydrogen-bond acceptors (Lipinski definition) is 5. The smallest absolute Gasteiger partial charge is 0.416 e. The van der Waals surface area contributed by atoms with Gasteiger partial charge in [0.25, 0.3) is 0 Å². The van der Waals surface area contributed by atoms with Gasteiger partial charge in [0.2, 0.25) is 10.0 Å². The standard InChI is InChI=1S/C24H24F5NO5S2/c1-2-14-11-16-17-12-35-22-19(26)8-7-18(25)21(22)23(17,10-9-20(16)30-37(14,33)34)36(31,32)15-5-3-13(4-6-15)24(27,28)29/h3-8,14,16-17,20,30H,2,9-12H2,1H3/t14-,16-,17+,20+,23+/m1/s1. The van der Waals surface area contributed by atoms with E-state index in [0.29, 0.717) is 12.1 Å². The maximum Gasteiger partial charge on any atom is 0.416 e. The zero-order valence-electron chi connectivity index (χ0n) is 19.6. The molecule has 3 aliphatic rings. The molecular weight excluding hydrogens is 541 g/mol. The maximum atomic E-state index is 15.5. The van der Waals surface area contributed by atoms with Crippen LogP contribution >= 0.6 is 0 Å². The third kappa shape index (κ3) is 3.87. The average molecular weight is 566 g/mol. The van der Waals surface area contributed by atoms with Crippen molar-refractivity contribution in [3.05, 3.63) is 59.2 Å². The number of fused-ring (bicyclic) bond motifs is 5. The van der Waals surface area contributed by atoms with E-state index in [0.717, 1.165) is 24.3 Å². The summed E-state index contributed by atoms with van der Waals surface area (Å²) in [5, 5.41) is -0.822. The summed E-state index contributed by atoms with van der Waals surface area (Å²) < 4.78 is 130. The Kier molecular flexibility index (Phi) is 6.15. The lowest BCUT2D eigenvalue weighted by Gasteiger charge is -2.54. The summed E-state index contributed by atoms with van der Waals surface area (Å²) in [7, 11) is -8.30. The number of rotatable bonds is 3. The molecule has 1 aliphatic carbocycles. The fraction of sp³-hybridized carbons (Fsp3) is 0.500. The first-order chi connectivity index (χ1) is 17.2. The highest BCUT2D eigenvalue weighted by Gasteiger charge is 2.64. The van der Waals surface area contributed by atoms with Gasteiger partial charge in [0, 0.05) is 12.0 Å². The molecule has 6 nitrogen and oxygen atoms in total. The van der Waals surface area contributed by atoms with E-state index in [2.05, 4.69) is 4.72 Å². The van der Waals surface area contributed by atoms with Crippen molar-refractivity contribution in [1.29, 1.82) is 0 Å². The molecule has 2 aliphatic heterocycles. The second kappa shape index (κ2) is 8.63. The van der Waals surface area contributed by atoms with Crippen LogP contribution in [0.15, 0.2) is 41.3 Å². The third-order valence-corrected chi connectivity index (χ3v) is 12.7. The van der Waals surface area contributed by atoms with E-state index in [1.807, 2.05) is 0 Å². The molecule has 2 aromatic rings. The van der Waals surface area contributed by atoms with Gasteiger partial charge in [-0.1, -0.05) is 6.92 Å². The van der Waals surface area contributed by atoms with Crippen molar-refractivity contribution < 1.29 is 43.5 Å². The monoisotopic (exact) mass is 565 g/mol. The van der Waals surface area contributed by atoms with E-state index in [9.17, 15) is 34.4 Å². The lowest BCUT2D eigenvalue weighted by atomic mass is 9.64. The molecule has 0 bridgehead atoms. The molecule has 0 spiro atoms. The first-order valence-electron chi connectivity index (χ1n) is 11.8. The number of nitrogens with one attached hydrogen (secondary N) is 1. The Morgan fingerprint density at radius 2 is 1.73 bits per heavy atom.